The summed E-state index contributed by atoms with van der Waals surface area (Å²) in [6.07, 6.45) is 2.45. The van der Waals surface area contributed by atoms with Gasteiger partial charge in [0.2, 0.25) is 10.0 Å². The van der Waals surface area contributed by atoms with Gasteiger partial charge in [-0.15, -0.1) is 0 Å². The Morgan fingerprint density at radius 3 is 2.29 bits per heavy atom. The number of carbonyl (C=O) groups is 3. The predicted octanol–water partition coefficient (Wildman–Crippen LogP) is 1.77. The molecule has 1 aromatic heterocycles. The summed E-state index contributed by atoms with van der Waals surface area (Å²) in [5, 5.41) is 4.47. The molecule has 15 heteroatoms. The lowest BCUT2D eigenvalue weighted by atomic mass is 9.95. The zero-order valence-corrected chi connectivity index (χ0v) is 21.2. The number of benzene rings is 1. The van der Waals surface area contributed by atoms with E-state index >= 15 is 4.39 Å². The first-order valence-corrected chi connectivity index (χ1v) is 13.2. The molecule has 2 aliphatic rings. The third-order valence-corrected chi connectivity index (χ3v) is 8.17. The average molecular weight is 560 g/mol. The molecule has 10 nitrogen and oxygen atoms in total. The molecule has 3 N–H and O–H groups in total. The molecule has 1 aliphatic heterocycles. The molecule has 1 saturated heterocycles. The number of anilines is 1. The van der Waals surface area contributed by atoms with Crippen LogP contribution in [0.5, 0.6) is 0 Å². The molecule has 1 aliphatic carbocycles. The molecule has 3 amide bonds. The average Bonchev–Trinajstić information content (AvgIpc) is 3.51. The van der Waals surface area contributed by atoms with Gasteiger partial charge in [0, 0.05) is 55.7 Å². The van der Waals surface area contributed by atoms with E-state index in [1.807, 2.05) is 5.32 Å². The van der Waals surface area contributed by atoms with E-state index in [4.69, 9.17) is 0 Å². The van der Waals surface area contributed by atoms with E-state index < -0.39 is 78.9 Å². The molecule has 2 fully saturated rings. The molecule has 38 heavy (non-hydrogen) atoms. The van der Waals surface area contributed by atoms with Crippen LogP contribution >= 0.6 is 0 Å². The van der Waals surface area contributed by atoms with E-state index in [0.29, 0.717) is 25.0 Å². The first-order chi connectivity index (χ1) is 17.8. The van der Waals surface area contributed by atoms with Crippen LogP contribution in [0.3, 0.4) is 0 Å². The number of likely N-dealkylation sites (N-methyl/N-ethyl adjacent to an activating group) is 1. The molecule has 0 radical (unpaired) electrons. The van der Waals surface area contributed by atoms with E-state index in [1.165, 1.54) is 11.9 Å². The van der Waals surface area contributed by atoms with Gasteiger partial charge in [-0.3, -0.25) is 14.4 Å². The van der Waals surface area contributed by atoms with E-state index in [9.17, 15) is 36.0 Å². The predicted molar refractivity (Wildman–Crippen MR) is 125 cm³/mol. The van der Waals surface area contributed by atoms with Crippen LogP contribution in [0.1, 0.15) is 43.1 Å². The van der Waals surface area contributed by atoms with Crippen molar-refractivity contribution < 1.29 is 40.4 Å². The highest BCUT2D eigenvalue weighted by Gasteiger charge is 2.54. The van der Waals surface area contributed by atoms with Gasteiger partial charge in [-0.1, -0.05) is 0 Å². The number of sulfonamides is 1. The monoisotopic (exact) mass is 559 g/mol. The van der Waals surface area contributed by atoms with Crippen molar-refractivity contribution in [3.8, 4) is 0 Å². The fourth-order valence-electron chi connectivity index (χ4n) is 4.70. The summed E-state index contributed by atoms with van der Waals surface area (Å²) in [6.45, 7) is 2.09. The molecule has 2 heterocycles. The van der Waals surface area contributed by atoms with Crippen molar-refractivity contribution in [3.05, 3.63) is 47.3 Å². The highest BCUT2D eigenvalue weighted by atomic mass is 32.2. The second-order valence-electron chi connectivity index (χ2n) is 9.33. The summed E-state index contributed by atoms with van der Waals surface area (Å²) in [5.74, 6) is -8.94. The standard InChI is InChI=1S/C23H25F4N5O5S/c1-3-28-21(34)22(35)32-7-4-12(10-23(32)5-6-23)30-38(36,37)16-11-31(2)19(18(16)27)20(33)29-13-8-14(24)17(26)15(25)9-13/h8-9,11-12,30H,3-7,10H2,1-2H3,(H,28,34)(H,29,33). The minimum absolute atomic E-state index is 0.124. The van der Waals surface area contributed by atoms with Gasteiger partial charge in [-0.05, 0) is 32.6 Å². The zero-order chi connectivity index (χ0) is 28.0. The van der Waals surface area contributed by atoms with Crippen LogP contribution in [0.25, 0.3) is 0 Å². The Morgan fingerprint density at radius 2 is 1.71 bits per heavy atom. The summed E-state index contributed by atoms with van der Waals surface area (Å²) >= 11 is 0. The van der Waals surface area contributed by atoms with Crippen molar-refractivity contribution in [2.24, 2.45) is 7.05 Å². The Labute approximate surface area is 215 Å². The van der Waals surface area contributed by atoms with Gasteiger partial charge in [-0.25, -0.2) is 30.7 Å². The third kappa shape index (κ3) is 5.12. The minimum atomic E-state index is -4.48. The maximum atomic E-state index is 15.2. The van der Waals surface area contributed by atoms with Crippen LogP contribution in [0, 0.1) is 23.3 Å². The Balaban J connectivity index is 1.49. The first kappa shape index (κ1) is 27.6. The lowest BCUT2D eigenvalue weighted by Gasteiger charge is -2.39. The number of halogens is 4. The fourth-order valence-corrected chi connectivity index (χ4v) is 6.10. The van der Waals surface area contributed by atoms with Gasteiger partial charge >= 0.3 is 11.8 Å². The molecule has 0 bridgehead atoms. The van der Waals surface area contributed by atoms with Crippen molar-refractivity contribution in [2.75, 3.05) is 18.4 Å². The maximum Gasteiger partial charge on any atom is 0.312 e. The normalized spacial score (nSPS) is 18.4. The van der Waals surface area contributed by atoms with Crippen LogP contribution in [-0.2, 0) is 26.7 Å². The number of carbonyl (C=O) groups excluding carboxylic acids is 3. The van der Waals surface area contributed by atoms with Crippen LogP contribution in [0.2, 0.25) is 0 Å². The van der Waals surface area contributed by atoms with E-state index in [1.54, 1.807) is 6.92 Å². The number of piperidine rings is 1. The fraction of sp³-hybridized carbons (Fsp3) is 0.435. The highest BCUT2D eigenvalue weighted by molar-refractivity contribution is 7.89. The van der Waals surface area contributed by atoms with Crippen molar-refractivity contribution >= 4 is 33.4 Å². The summed E-state index contributed by atoms with van der Waals surface area (Å²) in [5.41, 5.74) is -1.90. The van der Waals surface area contributed by atoms with Crippen molar-refractivity contribution in [1.82, 2.24) is 19.5 Å². The molecule has 206 valence electrons. The third-order valence-electron chi connectivity index (χ3n) is 6.66. The molecule has 1 aromatic carbocycles. The number of hydrogen-bond acceptors (Lipinski definition) is 5. The molecule has 1 spiro atoms. The van der Waals surface area contributed by atoms with Gasteiger partial charge < -0.3 is 20.1 Å². The summed E-state index contributed by atoms with van der Waals surface area (Å²) < 4.78 is 84.7. The van der Waals surface area contributed by atoms with Crippen LogP contribution in [-0.4, -0.2) is 60.3 Å². The van der Waals surface area contributed by atoms with E-state index in [2.05, 4.69) is 10.0 Å². The Bertz CT molecular complexity index is 1400. The number of nitrogens with zero attached hydrogens (tertiary/aromatic N) is 2. The van der Waals surface area contributed by atoms with Crippen LogP contribution < -0.4 is 15.4 Å². The summed E-state index contributed by atoms with van der Waals surface area (Å²) in [6, 6.07) is 0.322. The van der Waals surface area contributed by atoms with Crippen LogP contribution in [0.4, 0.5) is 23.2 Å². The first-order valence-electron chi connectivity index (χ1n) is 11.7. The Hall–Kier alpha value is -3.46. The molecular weight excluding hydrogens is 534 g/mol. The number of likely N-dealkylation sites (tertiary alicyclic amines) is 1. The Morgan fingerprint density at radius 1 is 1.08 bits per heavy atom. The lowest BCUT2D eigenvalue weighted by Crippen LogP contribution is -2.56. The molecule has 4 rings (SSSR count). The molecule has 1 saturated carbocycles. The number of aryl methyl sites for hydroxylation is 1. The molecule has 2 aromatic rings. The molecule has 1 atom stereocenters. The molecular formula is C23H25F4N5O5S. The second kappa shape index (κ2) is 10.0. The number of nitrogens with one attached hydrogen (secondary N) is 3. The number of rotatable bonds is 6. The minimum Gasteiger partial charge on any atom is -0.348 e. The van der Waals surface area contributed by atoms with E-state index in [0.717, 1.165) is 10.8 Å². The SMILES string of the molecule is CCNC(=O)C(=O)N1CCC(NS(=O)(=O)c2cn(C)c(C(=O)Nc3cc(F)c(F)c(F)c3)c2F)CC12CC2. The lowest BCUT2D eigenvalue weighted by molar-refractivity contribution is -0.149. The van der Waals surface area contributed by atoms with Gasteiger partial charge in [0.15, 0.2) is 23.3 Å². The van der Waals surface area contributed by atoms with Gasteiger partial charge in [0.1, 0.15) is 10.6 Å². The number of amides is 3. The summed E-state index contributed by atoms with van der Waals surface area (Å²) in [7, 11) is -3.28. The smallest absolute Gasteiger partial charge is 0.312 e. The van der Waals surface area contributed by atoms with Gasteiger partial charge in [-0.2, -0.15) is 0 Å². The van der Waals surface area contributed by atoms with Crippen LogP contribution in [0.15, 0.2) is 23.2 Å². The van der Waals surface area contributed by atoms with Crippen molar-refractivity contribution in [2.45, 2.75) is 49.1 Å². The van der Waals surface area contributed by atoms with Crippen molar-refractivity contribution in [3.63, 3.8) is 0 Å². The number of aromatic nitrogens is 1. The quantitative estimate of drug-likeness (QED) is 0.282. The maximum absolute atomic E-state index is 15.2. The van der Waals surface area contributed by atoms with Gasteiger partial charge in [0.05, 0.1) is 0 Å². The van der Waals surface area contributed by atoms with Gasteiger partial charge in [0.25, 0.3) is 5.91 Å². The molecule has 1 unspecified atom stereocenters. The topological polar surface area (TPSA) is 130 Å². The van der Waals surface area contributed by atoms with E-state index in [-0.39, 0.29) is 25.9 Å². The number of hydrogen-bond donors (Lipinski definition) is 3. The Kier molecular flexibility index (Phi) is 7.27. The zero-order valence-electron chi connectivity index (χ0n) is 20.4. The van der Waals surface area contributed by atoms with Crippen molar-refractivity contribution in [1.29, 1.82) is 0 Å². The highest BCUT2D eigenvalue weighted by Crippen LogP contribution is 2.48. The second-order valence-corrected chi connectivity index (χ2v) is 11.0. The largest absolute Gasteiger partial charge is 0.348 e. The summed E-state index contributed by atoms with van der Waals surface area (Å²) in [4.78, 5) is 37.7.